The zero-order valence-corrected chi connectivity index (χ0v) is 18.2. The molecule has 0 saturated heterocycles. The fourth-order valence-electron chi connectivity index (χ4n) is 3.78. The second-order valence-electron chi connectivity index (χ2n) is 7.95. The first-order valence-electron chi connectivity index (χ1n) is 10.0. The first-order chi connectivity index (χ1) is 12.9. The van der Waals surface area contributed by atoms with Crippen LogP contribution in [0.3, 0.4) is 0 Å². The first kappa shape index (κ1) is 21.8. The molecule has 0 N–H and O–H groups in total. The van der Waals surface area contributed by atoms with Gasteiger partial charge in [0.25, 0.3) is 5.88 Å². The number of unbranched alkanes of at least 4 members (excludes halogenated alkanes) is 3. The van der Waals surface area contributed by atoms with Crippen molar-refractivity contribution in [2.75, 3.05) is 26.7 Å². The van der Waals surface area contributed by atoms with E-state index in [4.69, 9.17) is 9.47 Å². The molecule has 0 radical (unpaired) electrons. The Balaban J connectivity index is 2.08. The van der Waals surface area contributed by atoms with E-state index in [0.717, 1.165) is 37.2 Å². The number of likely N-dealkylation sites (N-methyl/N-ethyl adjacent to an activating group) is 1. The van der Waals surface area contributed by atoms with Gasteiger partial charge < -0.3 is 9.47 Å². The average molecular weight is 397 g/mol. The van der Waals surface area contributed by atoms with Gasteiger partial charge in [-0.15, -0.1) is 4.37 Å². The predicted octanol–water partition coefficient (Wildman–Crippen LogP) is 4.28. The minimum absolute atomic E-state index is 0.170. The normalized spacial score (nSPS) is 21.0. The fraction of sp³-hybridized carbons (Fsp3) is 0.750. The van der Waals surface area contributed by atoms with Gasteiger partial charge >= 0.3 is 5.97 Å². The number of ether oxygens (including phenoxy) is 2. The SMILES string of the molecule is CCCCCCOc1nsnc1C1=CCC[N+](C)(C(OC(C)=O)C(C)C)C1. The maximum Gasteiger partial charge on any atom is 0.307 e. The Bertz CT molecular complexity index is 644. The predicted molar refractivity (Wildman–Crippen MR) is 108 cm³/mol. The zero-order chi connectivity index (χ0) is 19.9. The van der Waals surface area contributed by atoms with Crippen molar-refractivity contribution in [1.29, 1.82) is 0 Å². The molecular weight excluding hydrogens is 362 g/mol. The molecule has 7 heteroatoms. The number of quaternary nitrogens is 1. The third kappa shape index (κ3) is 6.01. The number of rotatable bonds is 10. The average Bonchev–Trinajstić information content (AvgIpc) is 3.07. The van der Waals surface area contributed by atoms with E-state index in [1.807, 2.05) is 0 Å². The van der Waals surface area contributed by atoms with Gasteiger partial charge in [0.2, 0.25) is 6.23 Å². The first-order valence-corrected chi connectivity index (χ1v) is 10.8. The van der Waals surface area contributed by atoms with Crippen LogP contribution in [-0.2, 0) is 9.53 Å². The number of hydrogen-bond acceptors (Lipinski definition) is 6. The van der Waals surface area contributed by atoms with E-state index in [1.54, 1.807) is 0 Å². The summed E-state index contributed by atoms with van der Waals surface area (Å²) in [5.74, 6) is 0.654. The largest absolute Gasteiger partial charge is 0.475 e. The Labute approximate surface area is 167 Å². The number of carbonyl (C=O) groups is 1. The summed E-state index contributed by atoms with van der Waals surface area (Å²) in [7, 11) is 2.16. The molecule has 0 fully saturated rings. The molecule has 0 spiro atoms. The van der Waals surface area contributed by atoms with Crippen molar-refractivity contribution in [1.82, 2.24) is 8.75 Å². The van der Waals surface area contributed by atoms with E-state index < -0.39 is 0 Å². The quantitative estimate of drug-likeness (QED) is 0.336. The van der Waals surface area contributed by atoms with Crippen molar-refractivity contribution in [3.05, 3.63) is 11.8 Å². The molecule has 0 aromatic carbocycles. The van der Waals surface area contributed by atoms with Crippen LogP contribution >= 0.6 is 11.7 Å². The Hall–Kier alpha value is -1.47. The molecule has 0 saturated carbocycles. The number of hydrogen-bond donors (Lipinski definition) is 0. The van der Waals surface area contributed by atoms with E-state index in [-0.39, 0.29) is 18.1 Å². The van der Waals surface area contributed by atoms with Crippen LogP contribution in [0.5, 0.6) is 5.88 Å². The molecule has 2 unspecified atom stereocenters. The summed E-state index contributed by atoms with van der Waals surface area (Å²) in [6, 6.07) is 0. The molecule has 152 valence electrons. The number of nitrogens with zero attached hydrogens (tertiary/aromatic N) is 3. The van der Waals surface area contributed by atoms with E-state index in [9.17, 15) is 4.79 Å². The van der Waals surface area contributed by atoms with Crippen LogP contribution in [-0.4, -0.2) is 52.2 Å². The zero-order valence-electron chi connectivity index (χ0n) is 17.4. The highest BCUT2D eigenvalue weighted by atomic mass is 32.1. The summed E-state index contributed by atoms with van der Waals surface area (Å²) in [5.41, 5.74) is 1.99. The van der Waals surface area contributed by atoms with Gasteiger partial charge in [-0.25, -0.2) is 0 Å². The summed E-state index contributed by atoms with van der Waals surface area (Å²) < 4.78 is 21.1. The van der Waals surface area contributed by atoms with Gasteiger partial charge in [-0.05, 0) is 6.42 Å². The Morgan fingerprint density at radius 1 is 1.30 bits per heavy atom. The monoisotopic (exact) mass is 396 g/mol. The molecule has 27 heavy (non-hydrogen) atoms. The van der Waals surface area contributed by atoms with Crippen LogP contribution in [0.2, 0.25) is 0 Å². The van der Waals surface area contributed by atoms with Gasteiger partial charge in [0.05, 0.1) is 31.9 Å². The molecule has 1 aliphatic rings. The van der Waals surface area contributed by atoms with Gasteiger partial charge in [0, 0.05) is 24.8 Å². The molecule has 1 aliphatic heterocycles. The second kappa shape index (κ2) is 10.2. The highest BCUT2D eigenvalue weighted by Crippen LogP contribution is 2.33. The summed E-state index contributed by atoms with van der Waals surface area (Å²) in [5, 5.41) is 0. The van der Waals surface area contributed by atoms with Gasteiger partial charge in [-0.3, -0.25) is 9.28 Å². The topological polar surface area (TPSA) is 61.3 Å². The minimum atomic E-state index is -0.226. The second-order valence-corrected chi connectivity index (χ2v) is 8.48. The Morgan fingerprint density at radius 3 is 2.74 bits per heavy atom. The molecular formula is C20H34N3O3S+. The summed E-state index contributed by atoms with van der Waals surface area (Å²) in [6.45, 7) is 10.3. The van der Waals surface area contributed by atoms with E-state index in [2.05, 4.69) is 42.6 Å². The lowest BCUT2D eigenvalue weighted by atomic mass is 10.0. The summed E-state index contributed by atoms with van der Waals surface area (Å²) >= 11 is 1.20. The van der Waals surface area contributed by atoms with Gasteiger partial charge in [0.1, 0.15) is 12.2 Å². The van der Waals surface area contributed by atoms with Crippen LogP contribution in [0.25, 0.3) is 5.57 Å². The van der Waals surface area contributed by atoms with Gasteiger partial charge in [-0.2, -0.15) is 4.37 Å². The lowest BCUT2D eigenvalue weighted by Crippen LogP contribution is -2.58. The third-order valence-corrected chi connectivity index (χ3v) is 5.54. The third-order valence-electron chi connectivity index (χ3n) is 5.03. The van der Waals surface area contributed by atoms with Gasteiger partial charge in [-0.1, -0.05) is 46.1 Å². The number of esters is 1. The van der Waals surface area contributed by atoms with Gasteiger partial charge in [0.15, 0.2) is 0 Å². The smallest absolute Gasteiger partial charge is 0.307 e. The molecule has 2 atom stereocenters. The van der Waals surface area contributed by atoms with Crippen molar-refractivity contribution < 1.29 is 18.8 Å². The van der Waals surface area contributed by atoms with E-state index in [0.29, 0.717) is 17.0 Å². The maximum atomic E-state index is 11.6. The molecule has 1 aromatic heterocycles. The number of aromatic nitrogens is 2. The fourth-order valence-corrected chi connectivity index (χ4v) is 4.31. The molecule has 0 amide bonds. The summed E-state index contributed by atoms with van der Waals surface area (Å²) in [4.78, 5) is 11.6. The van der Waals surface area contributed by atoms with Crippen molar-refractivity contribution >= 4 is 23.3 Å². The molecule has 0 bridgehead atoms. The van der Waals surface area contributed by atoms with Crippen LogP contribution in [0, 0.1) is 5.92 Å². The highest BCUT2D eigenvalue weighted by Gasteiger charge is 2.40. The Kier molecular flexibility index (Phi) is 8.23. The van der Waals surface area contributed by atoms with Crippen molar-refractivity contribution in [2.45, 2.75) is 66.0 Å². The van der Waals surface area contributed by atoms with Crippen molar-refractivity contribution in [3.63, 3.8) is 0 Å². The lowest BCUT2D eigenvalue weighted by molar-refractivity contribution is -0.950. The van der Waals surface area contributed by atoms with Crippen LogP contribution in [0.15, 0.2) is 6.08 Å². The number of carbonyl (C=O) groups excluding carboxylic acids is 1. The molecule has 2 heterocycles. The maximum absolute atomic E-state index is 11.6. The summed E-state index contributed by atoms with van der Waals surface area (Å²) in [6.07, 6.45) is 7.65. The highest BCUT2D eigenvalue weighted by molar-refractivity contribution is 6.99. The van der Waals surface area contributed by atoms with Crippen molar-refractivity contribution in [3.8, 4) is 5.88 Å². The van der Waals surface area contributed by atoms with E-state index >= 15 is 0 Å². The Morgan fingerprint density at radius 2 is 2.07 bits per heavy atom. The standard InChI is InChI=1S/C20H34N3O3S/c1-6-7-8-9-13-25-19-18(21-27-22-19)17-11-10-12-23(5,14-17)20(15(2)3)26-16(4)24/h11,15,20H,6-10,12-14H2,1-5H3/q+1. The van der Waals surface area contributed by atoms with E-state index in [1.165, 1.54) is 37.9 Å². The molecule has 2 rings (SSSR count). The van der Waals surface area contributed by atoms with Crippen LogP contribution < -0.4 is 4.74 Å². The van der Waals surface area contributed by atoms with Crippen LogP contribution in [0.4, 0.5) is 0 Å². The minimum Gasteiger partial charge on any atom is -0.475 e. The lowest BCUT2D eigenvalue weighted by Gasteiger charge is -2.44. The molecule has 0 aliphatic carbocycles. The molecule has 1 aromatic rings. The molecule has 6 nitrogen and oxygen atoms in total. The van der Waals surface area contributed by atoms with Crippen LogP contribution in [0.1, 0.15) is 65.5 Å². The van der Waals surface area contributed by atoms with Crippen molar-refractivity contribution in [2.24, 2.45) is 5.92 Å².